The van der Waals surface area contributed by atoms with Gasteiger partial charge in [0.15, 0.2) is 11.5 Å². The van der Waals surface area contributed by atoms with Crippen molar-refractivity contribution in [3.8, 4) is 0 Å². The molecule has 0 spiro atoms. The van der Waals surface area contributed by atoms with Crippen LogP contribution in [0.1, 0.15) is 33.7 Å². The fourth-order valence-electron chi connectivity index (χ4n) is 1.99. The highest BCUT2D eigenvalue weighted by atomic mass is 32.1. The number of H-pyrrole nitrogens is 2. The number of ether oxygens (including phenoxy) is 1. The van der Waals surface area contributed by atoms with Crippen LogP contribution in [0.5, 0.6) is 0 Å². The molecule has 0 saturated heterocycles. The van der Waals surface area contributed by atoms with E-state index in [0.717, 1.165) is 11.3 Å². The van der Waals surface area contributed by atoms with E-state index in [1.54, 1.807) is 19.1 Å². The minimum Gasteiger partial charge on any atom is -0.461 e. The third kappa shape index (κ3) is 3.83. The van der Waals surface area contributed by atoms with Crippen LogP contribution in [0.3, 0.4) is 0 Å². The van der Waals surface area contributed by atoms with Gasteiger partial charge in [-0.05, 0) is 31.2 Å². The van der Waals surface area contributed by atoms with Gasteiger partial charge in [-0.25, -0.2) is 4.79 Å². The van der Waals surface area contributed by atoms with Crippen LogP contribution in [0.2, 0.25) is 0 Å². The topological polar surface area (TPSA) is 118 Å². The van der Waals surface area contributed by atoms with Gasteiger partial charge in [0.2, 0.25) is 5.78 Å². The average Bonchev–Trinajstić information content (AvgIpc) is 3.30. The fourth-order valence-corrected chi connectivity index (χ4v) is 2.87. The third-order valence-corrected chi connectivity index (χ3v) is 4.04. The molecule has 9 heteroatoms. The van der Waals surface area contributed by atoms with Crippen LogP contribution in [0.25, 0.3) is 12.2 Å². The average molecular weight is 359 g/mol. The molecule has 0 radical (unpaired) electrons. The lowest BCUT2D eigenvalue weighted by Crippen LogP contribution is -2.20. The summed E-state index contributed by atoms with van der Waals surface area (Å²) >= 11 is 1.10. The first kappa shape index (κ1) is 16.7. The number of ketones is 1. The van der Waals surface area contributed by atoms with Gasteiger partial charge in [-0.15, -0.1) is 11.3 Å². The molecule has 2 N–H and O–H groups in total. The Hall–Kier alpha value is -3.20. The van der Waals surface area contributed by atoms with E-state index in [9.17, 15) is 14.4 Å². The summed E-state index contributed by atoms with van der Waals surface area (Å²) in [5.74, 6) is -0.704. The van der Waals surface area contributed by atoms with Gasteiger partial charge >= 0.3 is 5.97 Å². The summed E-state index contributed by atoms with van der Waals surface area (Å²) in [4.78, 5) is 38.1. The molecule has 0 aliphatic heterocycles. The molecule has 3 rings (SSSR count). The first-order valence-electron chi connectivity index (χ1n) is 7.29. The minimum absolute atomic E-state index is 0.126. The number of carbonyl (C=O) groups excluding carboxylic acids is 2. The molecule has 3 aromatic heterocycles. The lowest BCUT2D eigenvalue weighted by Gasteiger charge is -1.94. The van der Waals surface area contributed by atoms with Crippen molar-refractivity contribution >= 4 is 35.2 Å². The Labute approximate surface area is 144 Å². The van der Waals surface area contributed by atoms with Crippen LogP contribution in [-0.4, -0.2) is 33.5 Å². The summed E-state index contributed by atoms with van der Waals surface area (Å²) in [6.07, 6.45) is 4.23. The zero-order chi connectivity index (χ0) is 17.8. The highest BCUT2D eigenvalue weighted by Crippen LogP contribution is 2.03. The van der Waals surface area contributed by atoms with Crippen molar-refractivity contribution < 1.29 is 18.7 Å². The van der Waals surface area contributed by atoms with Gasteiger partial charge in [0.25, 0.3) is 5.56 Å². The lowest BCUT2D eigenvalue weighted by atomic mass is 10.3. The maximum Gasteiger partial charge on any atom is 0.358 e. The normalized spacial score (nSPS) is 12.5. The molecule has 25 heavy (non-hydrogen) atoms. The second-order valence-corrected chi connectivity index (χ2v) is 5.93. The van der Waals surface area contributed by atoms with Gasteiger partial charge in [-0.2, -0.15) is 5.10 Å². The second kappa shape index (κ2) is 7.14. The number of nitrogens with one attached hydrogen (secondary N) is 2. The van der Waals surface area contributed by atoms with E-state index < -0.39 is 5.97 Å². The maximum atomic E-state index is 12.0. The van der Waals surface area contributed by atoms with Crippen molar-refractivity contribution in [1.82, 2.24) is 15.2 Å². The molecular formula is C16H13N3O5S. The summed E-state index contributed by atoms with van der Waals surface area (Å²) in [5, 5.41) is 6.49. The number of aromatic nitrogens is 3. The van der Waals surface area contributed by atoms with Gasteiger partial charge in [0.1, 0.15) is 0 Å². The standard InChI is InChI=1S/C16H13N3O5S/c1-2-23-16(22)10-6-9(18-19-10)7-13-15(21)17-14(25-13)8-11(20)12-4-3-5-24-12/h3-8H,2H2,1H3,(H,17,21)(H,18,19)/b13-7+,14-8-. The van der Waals surface area contributed by atoms with Crippen molar-refractivity contribution in [2.24, 2.45) is 0 Å². The quantitative estimate of drug-likeness (QED) is 0.503. The van der Waals surface area contributed by atoms with Crippen molar-refractivity contribution in [1.29, 1.82) is 0 Å². The van der Waals surface area contributed by atoms with Gasteiger partial charge in [-0.3, -0.25) is 14.7 Å². The van der Waals surface area contributed by atoms with Crippen molar-refractivity contribution in [3.05, 3.63) is 61.2 Å². The molecule has 8 nitrogen and oxygen atoms in total. The molecule has 3 aromatic rings. The van der Waals surface area contributed by atoms with E-state index in [1.807, 2.05) is 0 Å². The van der Waals surface area contributed by atoms with Gasteiger partial charge < -0.3 is 14.1 Å². The predicted molar refractivity (Wildman–Crippen MR) is 89.8 cm³/mol. The zero-order valence-electron chi connectivity index (χ0n) is 13.1. The summed E-state index contributed by atoms with van der Waals surface area (Å²) in [6.45, 7) is 1.95. The second-order valence-electron chi connectivity index (χ2n) is 4.84. The number of nitrogens with zero attached hydrogens (tertiary/aromatic N) is 1. The SMILES string of the molecule is CCOC(=O)c1cc(/C=c2/s/c(=C\C(=O)c3ccco3)[nH]c2=O)[nH]n1. The van der Waals surface area contributed by atoms with Crippen LogP contribution in [0.15, 0.2) is 33.7 Å². The van der Waals surface area contributed by atoms with Gasteiger partial charge in [0.05, 0.1) is 27.8 Å². The number of hydrogen-bond donors (Lipinski definition) is 2. The van der Waals surface area contributed by atoms with E-state index in [0.29, 0.717) is 14.9 Å². The van der Waals surface area contributed by atoms with Crippen LogP contribution >= 0.6 is 11.3 Å². The number of aromatic amines is 2. The molecule has 0 aliphatic rings. The molecule has 0 atom stereocenters. The first-order chi connectivity index (χ1) is 12.1. The van der Waals surface area contributed by atoms with Gasteiger partial charge in [0, 0.05) is 6.08 Å². The Bertz CT molecular complexity index is 1070. The molecule has 3 heterocycles. The van der Waals surface area contributed by atoms with Crippen LogP contribution in [0.4, 0.5) is 0 Å². The third-order valence-electron chi connectivity index (χ3n) is 3.08. The molecule has 0 aromatic carbocycles. The monoisotopic (exact) mass is 359 g/mol. The Kier molecular flexibility index (Phi) is 4.75. The number of rotatable bonds is 5. The van der Waals surface area contributed by atoms with Crippen molar-refractivity contribution in [2.45, 2.75) is 6.92 Å². The Morgan fingerprint density at radius 2 is 2.28 bits per heavy atom. The number of thiazole rings is 1. The Balaban J connectivity index is 1.90. The number of carbonyl (C=O) groups is 2. The lowest BCUT2D eigenvalue weighted by molar-refractivity contribution is 0.0519. The van der Waals surface area contributed by atoms with Crippen LogP contribution < -0.4 is 14.8 Å². The van der Waals surface area contributed by atoms with Crippen LogP contribution in [-0.2, 0) is 4.74 Å². The van der Waals surface area contributed by atoms with E-state index in [-0.39, 0.29) is 29.4 Å². The predicted octanol–water partition coefficient (Wildman–Crippen LogP) is 0.421. The number of Topliss-reactive ketones (excluding diaryl/α,β-unsaturated/α-hetero) is 1. The Morgan fingerprint density at radius 1 is 1.44 bits per heavy atom. The maximum absolute atomic E-state index is 12.0. The molecule has 0 bridgehead atoms. The number of hydrogen-bond acceptors (Lipinski definition) is 7. The van der Waals surface area contributed by atoms with E-state index in [1.165, 1.54) is 24.5 Å². The fraction of sp³-hybridized carbons (Fsp3) is 0.125. The van der Waals surface area contributed by atoms with Crippen LogP contribution in [0, 0.1) is 0 Å². The number of esters is 1. The first-order valence-corrected chi connectivity index (χ1v) is 8.11. The van der Waals surface area contributed by atoms with Crippen molar-refractivity contribution in [2.75, 3.05) is 6.61 Å². The summed E-state index contributed by atoms with van der Waals surface area (Å²) in [6, 6.07) is 4.63. The molecule has 128 valence electrons. The molecular weight excluding hydrogens is 346 g/mol. The molecule has 0 saturated carbocycles. The van der Waals surface area contributed by atoms with E-state index >= 15 is 0 Å². The minimum atomic E-state index is -0.545. The summed E-state index contributed by atoms with van der Waals surface area (Å²) < 4.78 is 10.6. The smallest absolute Gasteiger partial charge is 0.358 e. The van der Waals surface area contributed by atoms with Crippen molar-refractivity contribution in [3.63, 3.8) is 0 Å². The van der Waals surface area contributed by atoms with E-state index in [4.69, 9.17) is 9.15 Å². The molecule has 0 fully saturated rings. The highest BCUT2D eigenvalue weighted by Gasteiger charge is 2.10. The van der Waals surface area contributed by atoms with Gasteiger partial charge in [-0.1, -0.05) is 0 Å². The Morgan fingerprint density at radius 3 is 3.00 bits per heavy atom. The summed E-state index contributed by atoms with van der Waals surface area (Å²) in [5.41, 5.74) is 0.246. The zero-order valence-corrected chi connectivity index (χ0v) is 13.9. The van der Waals surface area contributed by atoms with E-state index in [2.05, 4.69) is 15.2 Å². The highest BCUT2D eigenvalue weighted by molar-refractivity contribution is 7.07. The molecule has 0 amide bonds. The molecule has 0 unspecified atom stereocenters. The molecule has 0 aliphatic carbocycles. The number of furan rings is 1. The largest absolute Gasteiger partial charge is 0.461 e. The summed E-state index contributed by atoms with van der Waals surface area (Å²) in [7, 11) is 0.